The fraction of sp³-hybridized carbons (Fsp3) is 0.583. The maximum atomic E-state index is 11.8. The number of thiophene rings is 1. The quantitative estimate of drug-likeness (QED) is 0.869. The van der Waals surface area contributed by atoms with Crippen molar-refractivity contribution < 1.29 is 4.79 Å². The van der Waals surface area contributed by atoms with Crippen LogP contribution in [0.4, 0.5) is 0 Å². The number of amides is 1. The van der Waals surface area contributed by atoms with Crippen molar-refractivity contribution in [2.75, 3.05) is 19.6 Å². The number of nitrogens with zero attached hydrogens (tertiary/aromatic N) is 1. The van der Waals surface area contributed by atoms with Crippen molar-refractivity contribution in [1.29, 1.82) is 0 Å². The fourth-order valence-corrected chi connectivity index (χ4v) is 2.73. The van der Waals surface area contributed by atoms with E-state index in [-0.39, 0.29) is 11.9 Å². The summed E-state index contributed by atoms with van der Waals surface area (Å²) in [5.74, 6) is 0.0571. The number of nitrogens with one attached hydrogen (secondary N) is 1. The molecule has 2 rings (SSSR count). The highest BCUT2D eigenvalue weighted by atomic mass is 32.1. The summed E-state index contributed by atoms with van der Waals surface area (Å²) < 4.78 is 0. The summed E-state index contributed by atoms with van der Waals surface area (Å²) in [6.07, 6.45) is 2.59. The van der Waals surface area contributed by atoms with Crippen LogP contribution >= 0.6 is 11.3 Å². The molecule has 1 fully saturated rings. The highest BCUT2D eigenvalue weighted by molar-refractivity contribution is 7.12. The molecular formula is C12H18N2OS. The molecule has 0 bridgehead atoms. The van der Waals surface area contributed by atoms with Crippen LogP contribution in [-0.4, -0.2) is 36.5 Å². The van der Waals surface area contributed by atoms with E-state index in [0.717, 1.165) is 11.4 Å². The molecule has 0 saturated carbocycles. The van der Waals surface area contributed by atoms with Crippen LogP contribution in [0.1, 0.15) is 29.4 Å². The van der Waals surface area contributed by atoms with Crippen molar-refractivity contribution in [3.8, 4) is 0 Å². The number of carbonyl (C=O) groups excluding carboxylic acids is 1. The van der Waals surface area contributed by atoms with Gasteiger partial charge < -0.3 is 10.2 Å². The second kappa shape index (κ2) is 5.46. The van der Waals surface area contributed by atoms with E-state index >= 15 is 0 Å². The Balaban J connectivity index is 1.78. The third-order valence-corrected chi connectivity index (χ3v) is 3.72. The van der Waals surface area contributed by atoms with Crippen molar-refractivity contribution in [3.63, 3.8) is 0 Å². The molecule has 2 heterocycles. The van der Waals surface area contributed by atoms with Gasteiger partial charge in [-0.25, -0.2) is 0 Å². The predicted octanol–water partition coefficient (Wildman–Crippen LogP) is 1.96. The average Bonchev–Trinajstić information content (AvgIpc) is 2.88. The molecule has 1 N–H and O–H groups in total. The number of carbonyl (C=O) groups is 1. The Morgan fingerprint density at radius 2 is 2.31 bits per heavy atom. The van der Waals surface area contributed by atoms with Gasteiger partial charge in [-0.05, 0) is 44.3 Å². The van der Waals surface area contributed by atoms with Gasteiger partial charge in [-0.2, -0.15) is 0 Å². The Labute approximate surface area is 100 Å². The number of hydrogen-bond acceptors (Lipinski definition) is 3. The SMILES string of the molecule is CC(CN1CCCC1)NC(=O)c1cccs1. The average molecular weight is 238 g/mol. The van der Waals surface area contributed by atoms with Crippen molar-refractivity contribution in [2.24, 2.45) is 0 Å². The van der Waals surface area contributed by atoms with Crippen molar-refractivity contribution in [2.45, 2.75) is 25.8 Å². The molecule has 88 valence electrons. The summed E-state index contributed by atoms with van der Waals surface area (Å²) in [7, 11) is 0. The zero-order chi connectivity index (χ0) is 11.4. The molecule has 0 aliphatic carbocycles. The Morgan fingerprint density at radius 3 is 2.94 bits per heavy atom. The van der Waals surface area contributed by atoms with Crippen LogP contribution in [-0.2, 0) is 0 Å². The minimum atomic E-state index is 0.0571. The Hall–Kier alpha value is -0.870. The van der Waals surface area contributed by atoms with Crippen LogP contribution in [0, 0.1) is 0 Å². The second-order valence-electron chi connectivity index (χ2n) is 4.36. The van der Waals surface area contributed by atoms with Gasteiger partial charge in [0.15, 0.2) is 0 Å². The molecule has 0 aromatic carbocycles. The molecular weight excluding hydrogens is 220 g/mol. The summed E-state index contributed by atoms with van der Waals surface area (Å²) in [5, 5.41) is 4.97. The van der Waals surface area contributed by atoms with Crippen LogP contribution in [0.25, 0.3) is 0 Å². The first kappa shape index (κ1) is 11.6. The predicted molar refractivity (Wildman–Crippen MR) is 66.9 cm³/mol. The molecule has 1 aromatic rings. The Bertz CT molecular complexity index is 331. The maximum absolute atomic E-state index is 11.8. The van der Waals surface area contributed by atoms with E-state index in [1.807, 2.05) is 17.5 Å². The summed E-state index contributed by atoms with van der Waals surface area (Å²) in [6, 6.07) is 4.00. The minimum absolute atomic E-state index is 0.0571. The summed E-state index contributed by atoms with van der Waals surface area (Å²) in [4.78, 5) is 15.0. The molecule has 1 unspecified atom stereocenters. The van der Waals surface area contributed by atoms with Crippen LogP contribution < -0.4 is 5.32 Å². The van der Waals surface area contributed by atoms with E-state index in [1.54, 1.807) is 0 Å². The van der Waals surface area contributed by atoms with Crippen LogP contribution in [0.5, 0.6) is 0 Å². The number of hydrogen-bond donors (Lipinski definition) is 1. The first-order chi connectivity index (χ1) is 7.75. The third-order valence-electron chi connectivity index (χ3n) is 2.85. The maximum Gasteiger partial charge on any atom is 0.261 e. The molecule has 1 aliphatic heterocycles. The number of rotatable bonds is 4. The van der Waals surface area contributed by atoms with Gasteiger partial charge in [0.1, 0.15) is 0 Å². The molecule has 1 aliphatic rings. The molecule has 0 spiro atoms. The van der Waals surface area contributed by atoms with Gasteiger partial charge in [-0.15, -0.1) is 11.3 Å². The Kier molecular flexibility index (Phi) is 3.96. The lowest BCUT2D eigenvalue weighted by Gasteiger charge is -2.20. The molecule has 1 aromatic heterocycles. The zero-order valence-electron chi connectivity index (χ0n) is 9.61. The van der Waals surface area contributed by atoms with Crippen molar-refractivity contribution in [1.82, 2.24) is 10.2 Å². The zero-order valence-corrected chi connectivity index (χ0v) is 10.4. The summed E-state index contributed by atoms with van der Waals surface area (Å²) in [5.41, 5.74) is 0. The molecule has 1 saturated heterocycles. The van der Waals surface area contributed by atoms with Gasteiger partial charge in [-0.3, -0.25) is 4.79 Å². The molecule has 16 heavy (non-hydrogen) atoms. The van der Waals surface area contributed by atoms with Crippen molar-refractivity contribution in [3.05, 3.63) is 22.4 Å². The molecule has 3 nitrogen and oxygen atoms in total. The van der Waals surface area contributed by atoms with Crippen LogP contribution in [0.2, 0.25) is 0 Å². The van der Waals surface area contributed by atoms with Gasteiger partial charge in [0.25, 0.3) is 5.91 Å². The monoisotopic (exact) mass is 238 g/mol. The fourth-order valence-electron chi connectivity index (χ4n) is 2.10. The largest absolute Gasteiger partial charge is 0.348 e. The first-order valence-electron chi connectivity index (χ1n) is 5.82. The van der Waals surface area contributed by atoms with E-state index in [2.05, 4.69) is 17.1 Å². The number of likely N-dealkylation sites (tertiary alicyclic amines) is 1. The standard InChI is InChI=1S/C12H18N2OS/c1-10(9-14-6-2-3-7-14)13-12(15)11-5-4-8-16-11/h4-5,8,10H,2-3,6-7,9H2,1H3,(H,13,15). The summed E-state index contributed by atoms with van der Waals surface area (Å²) in [6.45, 7) is 5.40. The lowest BCUT2D eigenvalue weighted by Crippen LogP contribution is -2.40. The van der Waals surface area contributed by atoms with E-state index < -0.39 is 0 Å². The normalized spacial score (nSPS) is 18.6. The van der Waals surface area contributed by atoms with Gasteiger partial charge in [-0.1, -0.05) is 6.07 Å². The molecule has 1 amide bonds. The second-order valence-corrected chi connectivity index (χ2v) is 5.31. The van der Waals surface area contributed by atoms with E-state index in [0.29, 0.717) is 0 Å². The minimum Gasteiger partial charge on any atom is -0.348 e. The highest BCUT2D eigenvalue weighted by Crippen LogP contribution is 2.10. The lowest BCUT2D eigenvalue weighted by molar-refractivity contribution is 0.0936. The van der Waals surface area contributed by atoms with Gasteiger partial charge in [0.2, 0.25) is 0 Å². The van der Waals surface area contributed by atoms with E-state index in [9.17, 15) is 4.79 Å². The van der Waals surface area contributed by atoms with Crippen molar-refractivity contribution >= 4 is 17.2 Å². The highest BCUT2D eigenvalue weighted by Gasteiger charge is 2.16. The molecule has 0 radical (unpaired) electrons. The van der Waals surface area contributed by atoms with Gasteiger partial charge in [0.05, 0.1) is 4.88 Å². The smallest absolute Gasteiger partial charge is 0.261 e. The molecule has 1 atom stereocenters. The first-order valence-corrected chi connectivity index (χ1v) is 6.70. The van der Waals surface area contributed by atoms with E-state index in [1.165, 1.54) is 37.3 Å². The lowest BCUT2D eigenvalue weighted by atomic mass is 10.3. The van der Waals surface area contributed by atoms with E-state index in [4.69, 9.17) is 0 Å². The van der Waals surface area contributed by atoms with Crippen LogP contribution in [0.3, 0.4) is 0 Å². The van der Waals surface area contributed by atoms with Gasteiger partial charge >= 0.3 is 0 Å². The Morgan fingerprint density at radius 1 is 1.56 bits per heavy atom. The topological polar surface area (TPSA) is 32.3 Å². The molecule has 4 heteroatoms. The summed E-state index contributed by atoms with van der Waals surface area (Å²) >= 11 is 1.49. The third kappa shape index (κ3) is 3.06. The van der Waals surface area contributed by atoms with Crippen LogP contribution in [0.15, 0.2) is 17.5 Å². The van der Waals surface area contributed by atoms with Gasteiger partial charge in [0, 0.05) is 12.6 Å².